The van der Waals surface area contributed by atoms with Crippen molar-refractivity contribution in [1.29, 1.82) is 0 Å². The smallest absolute Gasteiger partial charge is 0.0541 e. The third-order valence-electron chi connectivity index (χ3n) is 11.2. The summed E-state index contributed by atoms with van der Waals surface area (Å²) in [4.78, 5) is 0. The van der Waals surface area contributed by atoms with Crippen LogP contribution in [0, 0.1) is 13.8 Å². The zero-order chi connectivity index (χ0) is 40.6. The Morgan fingerprint density at radius 2 is 1.08 bits per heavy atom. The zero-order valence-electron chi connectivity index (χ0n) is 34.0. The number of nitrogens with two attached hydrogens (primary N) is 2. The monoisotopic (exact) mass is 765 g/mol. The highest BCUT2D eigenvalue weighted by molar-refractivity contribution is 6.09. The lowest BCUT2D eigenvalue weighted by Crippen LogP contribution is -1.96. The van der Waals surface area contributed by atoms with Crippen molar-refractivity contribution in [3.63, 3.8) is 0 Å². The van der Waals surface area contributed by atoms with Gasteiger partial charge in [-0.15, -0.1) is 0 Å². The Morgan fingerprint density at radius 3 is 1.73 bits per heavy atom. The molecule has 0 fully saturated rings. The summed E-state index contributed by atoms with van der Waals surface area (Å²) in [6.07, 6.45) is 9.03. The maximum absolute atomic E-state index is 5.61. The molecule has 0 aliphatic heterocycles. The molecule has 1 aliphatic rings. The lowest BCUT2D eigenvalue weighted by Gasteiger charge is -2.16. The number of hydrogen-bond donors (Lipinski definition) is 2. The third kappa shape index (κ3) is 8.59. The molecule has 1 heterocycles. The zero-order valence-corrected chi connectivity index (χ0v) is 34.0. The topological polar surface area (TPSA) is 57.0 Å². The number of aryl methyl sites for hydroxylation is 2. The second-order valence-corrected chi connectivity index (χ2v) is 15.2. The molecule has 3 heteroatoms. The average molecular weight is 766 g/mol. The van der Waals surface area contributed by atoms with Crippen molar-refractivity contribution in [2.75, 3.05) is 0 Å². The van der Waals surface area contributed by atoms with Crippen LogP contribution in [0.5, 0.6) is 0 Å². The van der Waals surface area contributed by atoms with Gasteiger partial charge in [0.15, 0.2) is 0 Å². The number of allylic oxidation sites excluding steroid dienone is 4. The van der Waals surface area contributed by atoms with Crippen LogP contribution in [0.4, 0.5) is 0 Å². The number of benzene rings is 8. The van der Waals surface area contributed by atoms with Gasteiger partial charge in [-0.3, -0.25) is 0 Å². The van der Waals surface area contributed by atoms with Crippen LogP contribution >= 0.6 is 0 Å². The second-order valence-electron chi connectivity index (χ2n) is 15.2. The van der Waals surface area contributed by atoms with Crippen molar-refractivity contribution in [3.05, 3.63) is 228 Å². The molecule has 0 bridgehead atoms. The summed E-state index contributed by atoms with van der Waals surface area (Å²) in [7, 11) is 0. The minimum Gasteiger partial charge on any atom is -0.326 e. The normalized spacial score (nSPS) is 12.1. The quantitative estimate of drug-likeness (QED) is 0.177. The highest BCUT2D eigenvalue weighted by Crippen LogP contribution is 2.40. The lowest BCUT2D eigenvalue weighted by atomic mass is 9.88. The van der Waals surface area contributed by atoms with Gasteiger partial charge in [0, 0.05) is 29.5 Å². The number of aromatic nitrogens is 1. The van der Waals surface area contributed by atoms with Crippen LogP contribution in [0.2, 0.25) is 0 Å². The molecule has 0 saturated carbocycles. The van der Waals surface area contributed by atoms with Gasteiger partial charge in [0.2, 0.25) is 0 Å². The summed E-state index contributed by atoms with van der Waals surface area (Å²) in [6, 6.07) is 64.9. The molecule has 59 heavy (non-hydrogen) atoms. The standard InChI is InChI=1S/C36H27N.C13H15N.C7H9N/c1-24-14-16-27(17-15-24)36-30(23-22-29-25(2)8-7-11-33(29)36)26-18-20-28(21-19-26)37-34-12-5-3-9-31(34)32-10-4-6-13-35(32)37;14-10-11-5-4-8-13(9-11)12-6-2-1-3-7-12;8-6-7-4-2-1-3-5-7/h3-23H,1-2H3;2,4-9H,1,3,10,14H2;1-5H,6,8H2. The number of fused-ring (bicyclic) bond motifs is 4. The molecule has 0 radical (unpaired) electrons. The minimum atomic E-state index is 0.616. The molecule has 290 valence electrons. The largest absolute Gasteiger partial charge is 0.326 e. The van der Waals surface area contributed by atoms with E-state index in [2.05, 4.69) is 188 Å². The maximum Gasteiger partial charge on any atom is 0.0541 e. The SMILES string of the molecule is Cc1ccc(-c2c(-c3ccc(-n4c5ccccc5c5ccccc54)cc3)ccc3c(C)cccc23)cc1.NCc1cccc(C2=CCCC=C2)c1.NCc1ccccc1. The molecule has 9 aromatic rings. The summed E-state index contributed by atoms with van der Waals surface area (Å²) < 4.78 is 2.37. The fourth-order valence-corrected chi connectivity index (χ4v) is 8.10. The van der Waals surface area contributed by atoms with Gasteiger partial charge in [0.25, 0.3) is 0 Å². The van der Waals surface area contributed by atoms with Crippen LogP contribution < -0.4 is 11.5 Å². The molecule has 0 saturated heterocycles. The Kier molecular flexibility index (Phi) is 12.1. The number of para-hydroxylation sites is 2. The third-order valence-corrected chi connectivity index (χ3v) is 11.2. The van der Waals surface area contributed by atoms with Gasteiger partial charge in [-0.1, -0.05) is 175 Å². The molecule has 0 amide bonds. The fourth-order valence-electron chi connectivity index (χ4n) is 8.10. The Hall–Kier alpha value is -6.78. The molecule has 0 spiro atoms. The van der Waals surface area contributed by atoms with Crippen LogP contribution in [0.25, 0.3) is 66.1 Å². The predicted octanol–water partition coefficient (Wildman–Crippen LogP) is 13.9. The molecule has 1 aliphatic carbocycles. The van der Waals surface area contributed by atoms with E-state index in [4.69, 9.17) is 11.5 Å². The molecule has 4 N–H and O–H groups in total. The molecule has 0 atom stereocenters. The van der Waals surface area contributed by atoms with E-state index in [1.165, 1.54) is 100 Å². The highest BCUT2D eigenvalue weighted by Gasteiger charge is 2.15. The Labute approximate surface area is 348 Å². The number of nitrogens with zero attached hydrogens (tertiary/aromatic N) is 1. The molecular weight excluding hydrogens is 715 g/mol. The fraction of sp³-hybridized carbons (Fsp3) is 0.107. The van der Waals surface area contributed by atoms with Gasteiger partial charge in [-0.25, -0.2) is 0 Å². The van der Waals surface area contributed by atoms with Crippen LogP contribution in [0.1, 0.15) is 40.7 Å². The number of hydrogen-bond acceptors (Lipinski definition) is 2. The Morgan fingerprint density at radius 1 is 0.475 bits per heavy atom. The van der Waals surface area contributed by atoms with Crippen molar-refractivity contribution in [2.24, 2.45) is 11.5 Å². The van der Waals surface area contributed by atoms with Gasteiger partial charge >= 0.3 is 0 Å². The molecular formula is C56H51N3. The molecule has 1 aromatic heterocycles. The van der Waals surface area contributed by atoms with Crippen molar-refractivity contribution >= 4 is 38.2 Å². The van der Waals surface area contributed by atoms with Crippen molar-refractivity contribution in [1.82, 2.24) is 4.57 Å². The highest BCUT2D eigenvalue weighted by atomic mass is 15.0. The van der Waals surface area contributed by atoms with Crippen LogP contribution in [0.3, 0.4) is 0 Å². The van der Waals surface area contributed by atoms with E-state index < -0.39 is 0 Å². The molecule has 0 unspecified atom stereocenters. The predicted molar refractivity (Wildman–Crippen MR) is 254 cm³/mol. The summed E-state index contributed by atoms with van der Waals surface area (Å²) >= 11 is 0. The van der Waals surface area contributed by atoms with Gasteiger partial charge in [0.05, 0.1) is 11.0 Å². The van der Waals surface area contributed by atoms with Crippen LogP contribution in [-0.2, 0) is 13.1 Å². The van der Waals surface area contributed by atoms with E-state index >= 15 is 0 Å². The first-order chi connectivity index (χ1) is 29.0. The van der Waals surface area contributed by atoms with Crippen LogP contribution in [-0.4, -0.2) is 4.57 Å². The molecule has 3 nitrogen and oxygen atoms in total. The van der Waals surface area contributed by atoms with Crippen molar-refractivity contribution in [2.45, 2.75) is 39.8 Å². The Balaban J connectivity index is 0.000000179. The minimum absolute atomic E-state index is 0.616. The van der Waals surface area contributed by atoms with Gasteiger partial charge in [0.1, 0.15) is 0 Å². The van der Waals surface area contributed by atoms with Gasteiger partial charge < -0.3 is 16.0 Å². The van der Waals surface area contributed by atoms with E-state index in [1.807, 2.05) is 30.3 Å². The first kappa shape index (κ1) is 39.1. The van der Waals surface area contributed by atoms with Gasteiger partial charge in [-0.05, 0) is 118 Å². The van der Waals surface area contributed by atoms with E-state index in [9.17, 15) is 0 Å². The van der Waals surface area contributed by atoms with E-state index in [-0.39, 0.29) is 0 Å². The van der Waals surface area contributed by atoms with E-state index in [0.29, 0.717) is 13.1 Å². The van der Waals surface area contributed by atoms with Crippen molar-refractivity contribution < 1.29 is 0 Å². The number of rotatable bonds is 6. The first-order valence-electron chi connectivity index (χ1n) is 20.6. The van der Waals surface area contributed by atoms with Gasteiger partial charge in [-0.2, -0.15) is 0 Å². The summed E-state index contributed by atoms with van der Waals surface area (Å²) in [5.74, 6) is 0. The van der Waals surface area contributed by atoms with E-state index in [1.54, 1.807) is 0 Å². The second kappa shape index (κ2) is 18.2. The van der Waals surface area contributed by atoms with Crippen LogP contribution in [0.15, 0.2) is 200 Å². The summed E-state index contributed by atoms with van der Waals surface area (Å²) in [6.45, 7) is 5.60. The average Bonchev–Trinajstić information content (AvgIpc) is 3.64. The molecule has 8 aromatic carbocycles. The van der Waals surface area contributed by atoms with E-state index in [0.717, 1.165) is 6.42 Å². The van der Waals surface area contributed by atoms with Crippen molar-refractivity contribution in [3.8, 4) is 27.9 Å². The summed E-state index contributed by atoms with van der Waals surface area (Å²) in [5.41, 5.74) is 27.2. The summed E-state index contributed by atoms with van der Waals surface area (Å²) in [5, 5.41) is 5.18. The maximum atomic E-state index is 5.61. The first-order valence-corrected chi connectivity index (χ1v) is 20.6. The molecule has 10 rings (SSSR count). The lowest BCUT2D eigenvalue weighted by molar-refractivity contribution is 1.04. The Bertz CT molecular complexity index is 2840.